The molecule has 0 radical (unpaired) electrons. The van der Waals surface area contributed by atoms with Crippen molar-refractivity contribution < 1.29 is 0 Å². The smallest absolute Gasteiger partial charge is 0.0635 e. The fourth-order valence-electron chi connectivity index (χ4n) is 1.16. The van der Waals surface area contributed by atoms with E-state index in [0.29, 0.717) is 12.5 Å². The third kappa shape index (κ3) is 2.34. The lowest BCUT2D eigenvalue weighted by atomic mass is 10.2. The molecule has 1 fully saturated rings. The molecule has 1 rings (SSSR count). The van der Waals surface area contributed by atoms with E-state index in [1.165, 1.54) is 6.42 Å². The van der Waals surface area contributed by atoms with E-state index in [0.717, 1.165) is 19.6 Å². The standard InChI is InChI=1S/C7H13N3/c8-3-1-4-10-7-2-5-9-6-7/h7,9-10H,1-2,4-6H2. The van der Waals surface area contributed by atoms with Gasteiger partial charge in [-0.3, -0.25) is 0 Å². The van der Waals surface area contributed by atoms with Crippen molar-refractivity contribution in [3.05, 3.63) is 0 Å². The molecule has 1 unspecified atom stereocenters. The monoisotopic (exact) mass is 139 g/mol. The first-order valence-corrected chi connectivity index (χ1v) is 3.74. The number of nitriles is 1. The Hall–Kier alpha value is -0.590. The Labute approximate surface area is 61.4 Å². The largest absolute Gasteiger partial charge is 0.315 e. The van der Waals surface area contributed by atoms with E-state index < -0.39 is 0 Å². The number of nitrogens with zero attached hydrogens (tertiary/aromatic N) is 1. The topological polar surface area (TPSA) is 47.9 Å². The van der Waals surface area contributed by atoms with E-state index in [1.807, 2.05) is 0 Å². The van der Waals surface area contributed by atoms with Crippen LogP contribution in [-0.2, 0) is 0 Å². The first kappa shape index (κ1) is 7.52. The van der Waals surface area contributed by atoms with E-state index in [-0.39, 0.29) is 0 Å². The van der Waals surface area contributed by atoms with Gasteiger partial charge in [0, 0.05) is 25.6 Å². The summed E-state index contributed by atoms with van der Waals surface area (Å²) in [4.78, 5) is 0. The fourth-order valence-corrected chi connectivity index (χ4v) is 1.16. The zero-order valence-electron chi connectivity index (χ0n) is 6.06. The van der Waals surface area contributed by atoms with Crippen LogP contribution in [0.3, 0.4) is 0 Å². The van der Waals surface area contributed by atoms with Gasteiger partial charge in [0.05, 0.1) is 6.07 Å². The predicted octanol–water partition coefficient (Wildman–Crippen LogP) is -0.148. The Morgan fingerprint density at radius 1 is 1.70 bits per heavy atom. The second-order valence-corrected chi connectivity index (χ2v) is 2.55. The quantitative estimate of drug-likeness (QED) is 0.535. The van der Waals surface area contributed by atoms with Crippen LogP contribution in [0.1, 0.15) is 12.8 Å². The summed E-state index contributed by atoms with van der Waals surface area (Å²) in [5.41, 5.74) is 0. The third-order valence-electron chi connectivity index (χ3n) is 1.73. The molecular weight excluding hydrogens is 126 g/mol. The Kier molecular flexibility index (Phi) is 3.20. The summed E-state index contributed by atoms with van der Waals surface area (Å²) >= 11 is 0. The van der Waals surface area contributed by atoms with Crippen LogP contribution >= 0.6 is 0 Å². The average molecular weight is 139 g/mol. The van der Waals surface area contributed by atoms with Gasteiger partial charge in [0.25, 0.3) is 0 Å². The molecule has 0 saturated carbocycles. The molecule has 3 heteroatoms. The van der Waals surface area contributed by atoms with Crippen molar-refractivity contribution in [1.29, 1.82) is 5.26 Å². The highest BCUT2D eigenvalue weighted by molar-refractivity contribution is 4.79. The van der Waals surface area contributed by atoms with Gasteiger partial charge in [-0.1, -0.05) is 0 Å². The molecule has 56 valence electrons. The minimum atomic E-state index is 0.605. The van der Waals surface area contributed by atoms with Crippen LogP contribution in [0.2, 0.25) is 0 Å². The van der Waals surface area contributed by atoms with E-state index in [4.69, 9.17) is 5.26 Å². The molecule has 0 amide bonds. The van der Waals surface area contributed by atoms with Crippen molar-refractivity contribution in [1.82, 2.24) is 10.6 Å². The molecule has 10 heavy (non-hydrogen) atoms. The molecule has 1 aliphatic rings. The number of rotatable bonds is 3. The lowest BCUT2D eigenvalue weighted by Crippen LogP contribution is -2.31. The molecule has 0 bridgehead atoms. The molecule has 1 aliphatic heterocycles. The maximum atomic E-state index is 8.23. The zero-order valence-corrected chi connectivity index (χ0v) is 6.06. The first-order chi connectivity index (χ1) is 4.93. The van der Waals surface area contributed by atoms with Gasteiger partial charge in [0.15, 0.2) is 0 Å². The van der Waals surface area contributed by atoms with Crippen LogP contribution in [0, 0.1) is 11.3 Å². The highest BCUT2D eigenvalue weighted by Gasteiger charge is 2.11. The molecule has 0 aromatic rings. The lowest BCUT2D eigenvalue weighted by Gasteiger charge is -2.07. The normalized spacial score (nSPS) is 24.5. The van der Waals surface area contributed by atoms with Gasteiger partial charge < -0.3 is 10.6 Å². The second-order valence-electron chi connectivity index (χ2n) is 2.55. The van der Waals surface area contributed by atoms with Crippen molar-refractivity contribution >= 4 is 0 Å². The number of hydrogen-bond donors (Lipinski definition) is 2. The molecule has 1 saturated heterocycles. The molecular formula is C7H13N3. The first-order valence-electron chi connectivity index (χ1n) is 3.74. The minimum absolute atomic E-state index is 0.605. The fraction of sp³-hybridized carbons (Fsp3) is 0.857. The van der Waals surface area contributed by atoms with Crippen molar-refractivity contribution in [2.45, 2.75) is 18.9 Å². The van der Waals surface area contributed by atoms with Gasteiger partial charge in [-0.2, -0.15) is 5.26 Å². The summed E-state index contributed by atoms with van der Waals surface area (Å²) < 4.78 is 0. The second kappa shape index (κ2) is 4.26. The highest BCUT2D eigenvalue weighted by atomic mass is 15.0. The minimum Gasteiger partial charge on any atom is -0.315 e. The van der Waals surface area contributed by atoms with Gasteiger partial charge in [-0.15, -0.1) is 0 Å². The van der Waals surface area contributed by atoms with Crippen molar-refractivity contribution in [2.75, 3.05) is 19.6 Å². The summed E-state index contributed by atoms with van der Waals surface area (Å²) in [5, 5.41) is 14.8. The Morgan fingerprint density at radius 2 is 2.60 bits per heavy atom. The Morgan fingerprint density at radius 3 is 3.20 bits per heavy atom. The van der Waals surface area contributed by atoms with Gasteiger partial charge in [0.1, 0.15) is 0 Å². The zero-order chi connectivity index (χ0) is 7.23. The predicted molar refractivity (Wildman–Crippen MR) is 39.5 cm³/mol. The van der Waals surface area contributed by atoms with Gasteiger partial charge in [-0.05, 0) is 13.0 Å². The summed E-state index contributed by atoms with van der Waals surface area (Å²) in [7, 11) is 0. The summed E-state index contributed by atoms with van der Waals surface area (Å²) in [6, 6.07) is 2.71. The van der Waals surface area contributed by atoms with Crippen LogP contribution in [-0.4, -0.2) is 25.7 Å². The summed E-state index contributed by atoms with van der Waals surface area (Å²) in [5.74, 6) is 0. The van der Waals surface area contributed by atoms with Gasteiger partial charge in [-0.25, -0.2) is 0 Å². The Bertz CT molecular complexity index is 121. The van der Waals surface area contributed by atoms with Crippen LogP contribution < -0.4 is 10.6 Å². The van der Waals surface area contributed by atoms with Crippen LogP contribution in [0.15, 0.2) is 0 Å². The lowest BCUT2D eigenvalue weighted by molar-refractivity contribution is 0.555. The van der Waals surface area contributed by atoms with E-state index in [2.05, 4.69) is 16.7 Å². The molecule has 2 N–H and O–H groups in total. The van der Waals surface area contributed by atoms with E-state index >= 15 is 0 Å². The molecule has 1 heterocycles. The van der Waals surface area contributed by atoms with E-state index in [1.54, 1.807) is 0 Å². The van der Waals surface area contributed by atoms with Crippen LogP contribution in [0.25, 0.3) is 0 Å². The van der Waals surface area contributed by atoms with Crippen LogP contribution in [0.4, 0.5) is 0 Å². The molecule has 0 aromatic carbocycles. The maximum Gasteiger partial charge on any atom is 0.0635 e. The third-order valence-corrected chi connectivity index (χ3v) is 1.73. The molecule has 3 nitrogen and oxygen atoms in total. The molecule has 1 atom stereocenters. The highest BCUT2D eigenvalue weighted by Crippen LogP contribution is 1.95. The van der Waals surface area contributed by atoms with Crippen molar-refractivity contribution in [2.24, 2.45) is 0 Å². The average Bonchev–Trinajstić information content (AvgIpc) is 2.41. The number of nitrogens with one attached hydrogen (secondary N) is 2. The number of hydrogen-bond acceptors (Lipinski definition) is 3. The molecule has 0 aromatic heterocycles. The maximum absolute atomic E-state index is 8.23. The van der Waals surface area contributed by atoms with Gasteiger partial charge >= 0.3 is 0 Å². The van der Waals surface area contributed by atoms with Crippen molar-refractivity contribution in [3.63, 3.8) is 0 Å². The van der Waals surface area contributed by atoms with Gasteiger partial charge in [0.2, 0.25) is 0 Å². The van der Waals surface area contributed by atoms with Crippen molar-refractivity contribution in [3.8, 4) is 6.07 Å². The summed E-state index contributed by atoms with van der Waals surface area (Å²) in [6.07, 6.45) is 1.82. The van der Waals surface area contributed by atoms with Crippen LogP contribution in [0.5, 0.6) is 0 Å². The molecule has 0 spiro atoms. The Balaban J connectivity index is 1.97. The summed E-state index contributed by atoms with van der Waals surface area (Å²) in [6.45, 7) is 3.01. The SMILES string of the molecule is N#CCCNC1CCNC1. The molecule has 0 aliphatic carbocycles. The van der Waals surface area contributed by atoms with E-state index in [9.17, 15) is 0 Å².